The molecule has 19 heavy (non-hydrogen) atoms. The van der Waals surface area contributed by atoms with Gasteiger partial charge in [-0.15, -0.1) is 0 Å². The first-order chi connectivity index (χ1) is 9.16. The van der Waals surface area contributed by atoms with Crippen molar-refractivity contribution in [2.75, 3.05) is 0 Å². The molecule has 0 bridgehead atoms. The summed E-state index contributed by atoms with van der Waals surface area (Å²) >= 11 is 0. The fourth-order valence-corrected chi connectivity index (χ4v) is 2.41. The monoisotopic (exact) mass is 256 g/mol. The van der Waals surface area contributed by atoms with Gasteiger partial charge in [-0.3, -0.25) is 9.48 Å². The molecule has 1 aromatic heterocycles. The van der Waals surface area contributed by atoms with Crippen LogP contribution < -0.4 is 0 Å². The molecule has 3 rings (SSSR count). The summed E-state index contributed by atoms with van der Waals surface area (Å²) in [6.07, 6.45) is 4.62. The molecule has 3 nitrogen and oxygen atoms in total. The quantitative estimate of drug-likeness (QED) is 0.735. The molecule has 1 heterocycles. The smallest absolute Gasteiger partial charge is 0.192 e. The van der Waals surface area contributed by atoms with Gasteiger partial charge in [-0.1, -0.05) is 18.2 Å². The third-order valence-corrected chi connectivity index (χ3v) is 3.46. The molecular formula is C15H13FN2O. The predicted molar refractivity (Wildman–Crippen MR) is 70.2 cm³/mol. The highest BCUT2D eigenvalue weighted by molar-refractivity contribution is 6.12. The number of carbonyl (C=O) groups excluding carboxylic acids is 1. The van der Waals surface area contributed by atoms with Crippen LogP contribution in [-0.2, 0) is 13.5 Å². The van der Waals surface area contributed by atoms with Crippen molar-refractivity contribution >= 4 is 11.9 Å². The Bertz CT molecular complexity index is 685. The second-order valence-electron chi connectivity index (χ2n) is 4.65. The lowest BCUT2D eigenvalue weighted by Gasteiger charge is -2.14. The summed E-state index contributed by atoms with van der Waals surface area (Å²) < 4.78 is 15.3. The normalized spacial score (nSPS) is 16.7. The summed E-state index contributed by atoms with van der Waals surface area (Å²) in [4.78, 5) is 12.3. The Morgan fingerprint density at radius 3 is 2.89 bits per heavy atom. The molecule has 0 amide bonds. The molecule has 4 heteroatoms. The standard InChI is InChI=1S/C15H13FN2O/c1-18-14-7-6-11(15(19)12(14)9-17-18)8-10-4-2-3-5-13(10)16/h2-5,8-9H,6-7H2,1H3. The molecule has 0 atom stereocenters. The lowest BCUT2D eigenvalue weighted by atomic mass is 9.90. The summed E-state index contributed by atoms with van der Waals surface area (Å²) in [6.45, 7) is 0. The Balaban J connectivity index is 2.01. The number of Topliss-reactive ketones (excluding diaryl/α,β-unsaturated/α-hetero) is 1. The maximum Gasteiger partial charge on any atom is 0.192 e. The number of ketones is 1. The van der Waals surface area contributed by atoms with Crippen molar-refractivity contribution in [3.8, 4) is 0 Å². The lowest BCUT2D eigenvalue weighted by molar-refractivity contribution is 0.102. The van der Waals surface area contributed by atoms with Gasteiger partial charge >= 0.3 is 0 Å². The molecule has 0 N–H and O–H groups in total. The number of aryl methyl sites for hydroxylation is 1. The number of nitrogens with zero attached hydrogens (tertiary/aromatic N) is 2. The molecule has 2 aromatic rings. The Labute approximate surface area is 110 Å². The number of carbonyl (C=O) groups is 1. The van der Waals surface area contributed by atoms with Crippen LogP contribution in [-0.4, -0.2) is 15.6 Å². The van der Waals surface area contributed by atoms with Gasteiger partial charge in [0.05, 0.1) is 11.8 Å². The van der Waals surface area contributed by atoms with Gasteiger partial charge in [-0.25, -0.2) is 4.39 Å². The fraction of sp³-hybridized carbons (Fsp3) is 0.200. The largest absolute Gasteiger partial charge is 0.289 e. The summed E-state index contributed by atoms with van der Waals surface area (Å²) in [5.74, 6) is -0.350. The molecule has 0 radical (unpaired) electrons. The first-order valence-corrected chi connectivity index (χ1v) is 6.17. The van der Waals surface area contributed by atoms with Crippen LogP contribution in [0.25, 0.3) is 6.08 Å². The molecule has 96 valence electrons. The molecule has 1 aliphatic carbocycles. The van der Waals surface area contributed by atoms with Crippen LogP contribution in [0.1, 0.15) is 28.0 Å². The highest BCUT2D eigenvalue weighted by Gasteiger charge is 2.25. The lowest BCUT2D eigenvalue weighted by Crippen LogP contribution is -2.15. The molecule has 1 aliphatic rings. The van der Waals surface area contributed by atoms with E-state index in [0.717, 1.165) is 12.1 Å². The summed E-state index contributed by atoms with van der Waals surface area (Å²) in [6, 6.07) is 6.47. The molecular weight excluding hydrogens is 243 g/mol. The van der Waals surface area contributed by atoms with Crippen LogP contribution in [0.15, 0.2) is 36.0 Å². The van der Waals surface area contributed by atoms with Crippen LogP contribution in [0.2, 0.25) is 0 Å². The molecule has 0 fully saturated rings. The van der Waals surface area contributed by atoms with Crippen LogP contribution in [0.3, 0.4) is 0 Å². The van der Waals surface area contributed by atoms with Gasteiger partial charge < -0.3 is 0 Å². The third-order valence-electron chi connectivity index (χ3n) is 3.46. The van der Waals surface area contributed by atoms with E-state index in [1.54, 1.807) is 35.2 Å². The highest BCUT2D eigenvalue weighted by atomic mass is 19.1. The minimum absolute atomic E-state index is 0.0439. The van der Waals surface area contributed by atoms with Gasteiger partial charge in [0, 0.05) is 23.9 Å². The number of hydrogen-bond donors (Lipinski definition) is 0. The Morgan fingerprint density at radius 2 is 2.11 bits per heavy atom. The van der Waals surface area contributed by atoms with E-state index < -0.39 is 0 Å². The second-order valence-corrected chi connectivity index (χ2v) is 4.65. The van der Waals surface area contributed by atoms with Gasteiger partial charge in [0.15, 0.2) is 5.78 Å². The average Bonchev–Trinajstić information content (AvgIpc) is 2.78. The van der Waals surface area contributed by atoms with E-state index in [9.17, 15) is 9.18 Å². The molecule has 0 saturated heterocycles. The van der Waals surface area contributed by atoms with Crippen LogP contribution in [0.4, 0.5) is 4.39 Å². The van der Waals surface area contributed by atoms with Crippen LogP contribution in [0, 0.1) is 5.82 Å². The SMILES string of the molecule is Cn1ncc2c1CCC(=Cc1ccccc1F)C2=O. The maximum atomic E-state index is 13.6. The second kappa shape index (κ2) is 4.46. The van der Waals surface area contributed by atoms with Crippen LogP contribution >= 0.6 is 0 Å². The Morgan fingerprint density at radius 1 is 1.32 bits per heavy atom. The van der Waals surface area contributed by atoms with Gasteiger partial charge in [0.1, 0.15) is 5.82 Å². The third kappa shape index (κ3) is 1.99. The molecule has 0 spiro atoms. The van der Waals surface area contributed by atoms with Crippen molar-refractivity contribution in [1.82, 2.24) is 9.78 Å². The van der Waals surface area contributed by atoms with E-state index in [-0.39, 0.29) is 11.6 Å². The maximum absolute atomic E-state index is 13.6. The summed E-state index contributed by atoms with van der Waals surface area (Å²) in [7, 11) is 1.83. The first-order valence-electron chi connectivity index (χ1n) is 6.17. The number of hydrogen-bond acceptors (Lipinski definition) is 2. The molecule has 0 saturated carbocycles. The zero-order chi connectivity index (χ0) is 13.4. The van der Waals surface area contributed by atoms with Gasteiger partial charge in [-0.05, 0) is 25.0 Å². The fourth-order valence-electron chi connectivity index (χ4n) is 2.41. The van der Waals surface area contributed by atoms with E-state index in [0.29, 0.717) is 23.1 Å². The Hall–Kier alpha value is -2.23. The zero-order valence-electron chi connectivity index (χ0n) is 10.6. The highest BCUT2D eigenvalue weighted by Crippen LogP contribution is 2.26. The first kappa shape index (κ1) is 11.8. The van der Waals surface area contributed by atoms with Crippen molar-refractivity contribution in [2.45, 2.75) is 12.8 Å². The topological polar surface area (TPSA) is 34.9 Å². The zero-order valence-corrected chi connectivity index (χ0v) is 10.6. The number of aromatic nitrogens is 2. The van der Waals surface area contributed by atoms with Gasteiger partial charge in [0.25, 0.3) is 0 Å². The number of allylic oxidation sites excluding steroid dienone is 1. The van der Waals surface area contributed by atoms with E-state index in [4.69, 9.17) is 0 Å². The van der Waals surface area contributed by atoms with Crippen molar-refractivity contribution in [1.29, 1.82) is 0 Å². The molecule has 1 aromatic carbocycles. The van der Waals surface area contributed by atoms with Crippen molar-refractivity contribution in [2.24, 2.45) is 7.05 Å². The van der Waals surface area contributed by atoms with E-state index >= 15 is 0 Å². The minimum atomic E-state index is -0.306. The molecule has 0 unspecified atom stereocenters. The Kier molecular flexibility index (Phi) is 2.78. The van der Waals surface area contributed by atoms with Crippen molar-refractivity contribution in [3.63, 3.8) is 0 Å². The predicted octanol–water partition coefficient (Wildman–Crippen LogP) is 2.77. The summed E-state index contributed by atoms with van der Waals surface area (Å²) in [5, 5.41) is 4.10. The number of benzene rings is 1. The van der Waals surface area contributed by atoms with E-state index in [1.807, 2.05) is 7.05 Å². The number of fused-ring (bicyclic) bond motifs is 1. The van der Waals surface area contributed by atoms with Crippen LogP contribution in [0.5, 0.6) is 0 Å². The average molecular weight is 256 g/mol. The van der Waals surface area contributed by atoms with Gasteiger partial charge in [0.2, 0.25) is 0 Å². The van der Waals surface area contributed by atoms with Gasteiger partial charge in [-0.2, -0.15) is 5.10 Å². The number of rotatable bonds is 1. The van der Waals surface area contributed by atoms with E-state index in [1.165, 1.54) is 6.07 Å². The minimum Gasteiger partial charge on any atom is -0.289 e. The van der Waals surface area contributed by atoms with Crippen molar-refractivity contribution in [3.05, 3.63) is 58.7 Å². The molecule has 0 aliphatic heterocycles. The number of halogens is 1. The summed E-state index contributed by atoms with van der Waals surface area (Å²) in [5.41, 5.74) is 2.69. The van der Waals surface area contributed by atoms with Crippen molar-refractivity contribution < 1.29 is 9.18 Å². The van der Waals surface area contributed by atoms with E-state index in [2.05, 4.69) is 5.10 Å².